The molecule has 8 nitrogen and oxygen atoms in total. The van der Waals surface area contributed by atoms with Gasteiger partial charge in [0.25, 0.3) is 11.8 Å². The smallest absolute Gasteiger partial charge is 0.317 e. The Kier molecular flexibility index (Phi) is 4.65. The van der Waals surface area contributed by atoms with Crippen LogP contribution in [0.2, 0.25) is 0 Å². The summed E-state index contributed by atoms with van der Waals surface area (Å²) in [6.07, 6.45) is 0.0497. The molecule has 1 aromatic carbocycles. The van der Waals surface area contributed by atoms with E-state index in [-0.39, 0.29) is 22.7 Å². The van der Waals surface area contributed by atoms with E-state index in [0.717, 1.165) is 11.8 Å². The number of imide groups is 1. The number of hydrogen-bond donors (Lipinski definition) is 0. The number of oxime groups is 1. The summed E-state index contributed by atoms with van der Waals surface area (Å²) in [6, 6.07) is 6.36. The Morgan fingerprint density at radius 3 is 2.36 bits per heavy atom. The number of carbonyl (C=O) groups excluding carboxylic acids is 3. The number of aliphatic imine (C=N–C) groups is 2. The Bertz CT molecular complexity index is 828. The third-order valence-electron chi connectivity index (χ3n) is 3.38. The predicted octanol–water partition coefficient (Wildman–Crippen LogP) is 1.81. The molecule has 25 heavy (non-hydrogen) atoms. The summed E-state index contributed by atoms with van der Waals surface area (Å²) < 4.78 is 0. The molecule has 0 bridgehead atoms. The minimum absolute atomic E-state index is 0.141. The van der Waals surface area contributed by atoms with Crippen LogP contribution in [-0.2, 0) is 9.63 Å². The molecule has 1 atom stereocenters. The SMILES string of the molecule is CC(=O)ON=C1N=C(C(Cl)Cl)C=NC1N1C(=O)c2ccccc2C1=O. The first-order valence-electron chi connectivity index (χ1n) is 7.02. The number of hydrogen-bond acceptors (Lipinski definition) is 6. The second-order valence-corrected chi connectivity index (χ2v) is 6.14. The summed E-state index contributed by atoms with van der Waals surface area (Å²) in [5.74, 6) is -1.99. The maximum absolute atomic E-state index is 12.6. The highest BCUT2D eigenvalue weighted by molar-refractivity contribution is 6.63. The Morgan fingerprint density at radius 2 is 1.84 bits per heavy atom. The van der Waals surface area contributed by atoms with Crippen LogP contribution in [0.3, 0.4) is 0 Å². The molecule has 3 rings (SSSR count). The summed E-state index contributed by atoms with van der Waals surface area (Å²) in [6.45, 7) is 1.14. The Hall–Kier alpha value is -2.58. The van der Waals surface area contributed by atoms with Gasteiger partial charge in [-0.15, -0.1) is 0 Å². The lowest BCUT2D eigenvalue weighted by Crippen LogP contribution is -2.45. The van der Waals surface area contributed by atoms with E-state index in [1.165, 1.54) is 18.3 Å². The van der Waals surface area contributed by atoms with Crippen LogP contribution in [0.25, 0.3) is 0 Å². The lowest BCUT2D eigenvalue weighted by Gasteiger charge is -2.24. The van der Waals surface area contributed by atoms with Crippen molar-refractivity contribution in [1.29, 1.82) is 0 Å². The van der Waals surface area contributed by atoms with Crippen molar-refractivity contribution in [2.75, 3.05) is 0 Å². The number of halogens is 2. The second-order valence-electron chi connectivity index (χ2n) is 5.05. The molecule has 2 heterocycles. The number of rotatable bonds is 3. The van der Waals surface area contributed by atoms with Crippen molar-refractivity contribution in [2.45, 2.75) is 17.9 Å². The number of alkyl halides is 2. The van der Waals surface area contributed by atoms with Gasteiger partial charge in [-0.25, -0.2) is 14.7 Å². The van der Waals surface area contributed by atoms with Crippen LogP contribution in [0, 0.1) is 0 Å². The highest BCUT2D eigenvalue weighted by atomic mass is 35.5. The zero-order valence-electron chi connectivity index (χ0n) is 12.7. The van der Waals surface area contributed by atoms with Gasteiger partial charge >= 0.3 is 5.97 Å². The molecule has 0 N–H and O–H groups in total. The van der Waals surface area contributed by atoms with Crippen LogP contribution >= 0.6 is 23.2 Å². The maximum atomic E-state index is 12.6. The summed E-state index contributed by atoms with van der Waals surface area (Å²) in [4.78, 5) is 48.8. The fraction of sp³-hybridized carbons (Fsp3) is 0.200. The molecule has 0 saturated heterocycles. The fourth-order valence-electron chi connectivity index (χ4n) is 2.33. The van der Waals surface area contributed by atoms with Gasteiger partial charge in [0.2, 0.25) is 5.84 Å². The van der Waals surface area contributed by atoms with Crippen molar-refractivity contribution in [3.63, 3.8) is 0 Å². The first-order chi connectivity index (χ1) is 11.9. The second kappa shape index (κ2) is 6.73. The van der Waals surface area contributed by atoms with E-state index >= 15 is 0 Å². The van der Waals surface area contributed by atoms with Crippen molar-refractivity contribution in [2.24, 2.45) is 15.1 Å². The van der Waals surface area contributed by atoms with E-state index in [4.69, 9.17) is 23.2 Å². The largest absolute Gasteiger partial charge is 0.332 e. The van der Waals surface area contributed by atoms with Crippen molar-refractivity contribution in [1.82, 2.24) is 4.90 Å². The first-order valence-corrected chi connectivity index (χ1v) is 7.89. The monoisotopic (exact) mass is 380 g/mol. The van der Waals surface area contributed by atoms with Crippen molar-refractivity contribution >= 4 is 58.7 Å². The number of nitrogens with zero attached hydrogens (tertiary/aromatic N) is 4. The minimum atomic E-state index is -1.19. The molecule has 0 aliphatic carbocycles. The molecule has 2 aliphatic heterocycles. The summed E-state index contributed by atoms with van der Waals surface area (Å²) >= 11 is 11.5. The Balaban J connectivity index is 2.00. The van der Waals surface area contributed by atoms with Gasteiger partial charge in [0, 0.05) is 13.1 Å². The van der Waals surface area contributed by atoms with Crippen LogP contribution in [0.4, 0.5) is 0 Å². The first kappa shape index (κ1) is 17.2. The summed E-state index contributed by atoms with van der Waals surface area (Å²) in [5, 5.41) is 3.58. The van der Waals surface area contributed by atoms with Gasteiger partial charge in [0.15, 0.2) is 11.0 Å². The molecule has 0 radical (unpaired) electrons. The summed E-state index contributed by atoms with van der Waals surface area (Å²) in [5.41, 5.74) is 0.635. The molecule has 10 heteroatoms. The summed E-state index contributed by atoms with van der Waals surface area (Å²) in [7, 11) is 0. The van der Waals surface area contributed by atoms with Gasteiger partial charge in [-0.05, 0) is 12.1 Å². The van der Waals surface area contributed by atoms with Crippen molar-refractivity contribution in [3.8, 4) is 0 Å². The van der Waals surface area contributed by atoms with Crippen LogP contribution in [-0.4, -0.2) is 51.4 Å². The number of carbonyl (C=O) groups is 3. The quantitative estimate of drug-likeness (QED) is 0.345. The average Bonchev–Trinajstić information content (AvgIpc) is 2.84. The van der Waals surface area contributed by atoms with Gasteiger partial charge in [-0.1, -0.05) is 40.5 Å². The number of amidine groups is 1. The molecule has 1 aromatic rings. The molecule has 0 saturated carbocycles. The highest BCUT2D eigenvalue weighted by Gasteiger charge is 2.43. The zero-order valence-corrected chi connectivity index (χ0v) is 14.2. The fourth-order valence-corrected chi connectivity index (χ4v) is 2.54. The van der Waals surface area contributed by atoms with E-state index in [0.29, 0.717) is 0 Å². The molecule has 0 spiro atoms. The van der Waals surface area contributed by atoms with Crippen LogP contribution in [0.5, 0.6) is 0 Å². The van der Waals surface area contributed by atoms with Crippen LogP contribution in [0.1, 0.15) is 27.6 Å². The maximum Gasteiger partial charge on any atom is 0.332 e. The van der Waals surface area contributed by atoms with Crippen LogP contribution in [0.15, 0.2) is 39.4 Å². The van der Waals surface area contributed by atoms with Gasteiger partial charge < -0.3 is 4.84 Å². The Labute approximate surface area is 151 Å². The number of fused-ring (bicyclic) bond motifs is 1. The number of amides is 2. The molecule has 2 aliphatic rings. The third-order valence-corrected chi connectivity index (χ3v) is 3.83. The highest BCUT2D eigenvalue weighted by Crippen LogP contribution is 2.26. The van der Waals surface area contributed by atoms with E-state index in [1.54, 1.807) is 12.1 Å². The minimum Gasteiger partial charge on any atom is -0.317 e. The van der Waals surface area contributed by atoms with E-state index in [9.17, 15) is 14.4 Å². The molecule has 128 valence electrons. The van der Waals surface area contributed by atoms with Crippen LogP contribution < -0.4 is 0 Å². The predicted molar refractivity (Wildman–Crippen MR) is 91.4 cm³/mol. The molecule has 1 unspecified atom stereocenters. The number of benzene rings is 1. The van der Waals surface area contributed by atoms with E-state index in [1.807, 2.05) is 0 Å². The molecular weight excluding hydrogens is 371 g/mol. The average molecular weight is 381 g/mol. The lowest BCUT2D eigenvalue weighted by molar-refractivity contribution is -0.141. The van der Waals surface area contributed by atoms with Gasteiger partial charge in [-0.2, -0.15) is 0 Å². The lowest BCUT2D eigenvalue weighted by atomic mass is 10.1. The topological polar surface area (TPSA) is 101 Å². The normalized spacial score (nSPS) is 21.0. The molecule has 0 fully saturated rings. The molecular formula is C15H10Cl2N4O4. The van der Waals surface area contributed by atoms with Gasteiger partial charge in [0.05, 0.1) is 16.8 Å². The molecule has 2 amide bonds. The standard InChI is InChI=1S/C15H10Cl2N4O4/c1-7(22)25-20-12-13(18-6-10(19-12)11(16)17)21-14(23)8-4-2-3-5-9(8)15(21)24/h2-6,11,13H,1H3. The van der Waals surface area contributed by atoms with Gasteiger partial charge in [0.1, 0.15) is 0 Å². The van der Waals surface area contributed by atoms with E-state index in [2.05, 4.69) is 20.0 Å². The third kappa shape index (κ3) is 3.18. The zero-order chi connectivity index (χ0) is 18.1. The van der Waals surface area contributed by atoms with Crippen molar-refractivity contribution < 1.29 is 19.2 Å². The van der Waals surface area contributed by atoms with Gasteiger partial charge in [-0.3, -0.25) is 14.6 Å². The van der Waals surface area contributed by atoms with Crippen molar-refractivity contribution in [3.05, 3.63) is 35.4 Å². The Morgan fingerprint density at radius 1 is 1.24 bits per heavy atom. The molecule has 0 aromatic heterocycles. The van der Waals surface area contributed by atoms with E-state index < -0.39 is 28.8 Å².